The summed E-state index contributed by atoms with van der Waals surface area (Å²) < 4.78 is 0. The van der Waals surface area contributed by atoms with Crippen LogP contribution in [0.4, 0.5) is 5.82 Å². The van der Waals surface area contributed by atoms with Crippen LogP contribution in [0.1, 0.15) is 24.2 Å². The number of hydrogen-bond donors (Lipinski definition) is 3. The molecule has 1 heterocycles. The van der Waals surface area contributed by atoms with Gasteiger partial charge < -0.3 is 15.4 Å². The molecule has 4 heteroatoms. The lowest BCUT2D eigenvalue weighted by Crippen LogP contribution is -2.11. The van der Waals surface area contributed by atoms with Gasteiger partial charge in [0, 0.05) is 17.4 Å². The summed E-state index contributed by atoms with van der Waals surface area (Å²) in [5.41, 5.74) is 1.16. The third kappa shape index (κ3) is 2.25. The first-order valence-electron chi connectivity index (χ1n) is 5.67. The van der Waals surface area contributed by atoms with Crippen LogP contribution in [-0.4, -0.2) is 22.6 Å². The summed E-state index contributed by atoms with van der Waals surface area (Å²) in [5.74, 6) is 0.143. The molecule has 4 nitrogen and oxygen atoms in total. The summed E-state index contributed by atoms with van der Waals surface area (Å²) in [7, 11) is 0. The van der Waals surface area contributed by atoms with Crippen molar-refractivity contribution in [2.45, 2.75) is 13.8 Å². The predicted octanol–water partition coefficient (Wildman–Crippen LogP) is 2.93. The van der Waals surface area contributed by atoms with Crippen LogP contribution < -0.4 is 5.32 Å². The van der Waals surface area contributed by atoms with Gasteiger partial charge in [-0.25, -0.2) is 4.79 Å². The highest BCUT2D eigenvalue weighted by molar-refractivity contribution is 6.08. The Kier molecular flexibility index (Phi) is 3.04. The minimum Gasteiger partial charge on any atom is -0.478 e. The van der Waals surface area contributed by atoms with Crippen molar-refractivity contribution in [1.82, 2.24) is 4.98 Å². The van der Waals surface area contributed by atoms with Crippen molar-refractivity contribution < 1.29 is 9.90 Å². The Morgan fingerprint density at radius 3 is 2.76 bits per heavy atom. The molecular weight excluding hydrogens is 216 g/mol. The van der Waals surface area contributed by atoms with Crippen molar-refractivity contribution in [3.63, 3.8) is 0 Å². The monoisotopic (exact) mass is 232 g/mol. The van der Waals surface area contributed by atoms with Gasteiger partial charge in [0.05, 0.1) is 0 Å². The number of anilines is 1. The lowest BCUT2D eigenvalue weighted by atomic mass is 10.1. The van der Waals surface area contributed by atoms with E-state index in [0.29, 0.717) is 17.3 Å². The third-order valence-electron chi connectivity index (χ3n) is 2.61. The summed E-state index contributed by atoms with van der Waals surface area (Å²) in [6, 6.07) is 7.42. The number of carbonyl (C=O) groups is 1. The first-order chi connectivity index (χ1) is 8.09. The van der Waals surface area contributed by atoms with Crippen LogP contribution >= 0.6 is 0 Å². The summed E-state index contributed by atoms with van der Waals surface area (Å²) in [5, 5.41) is 13.1. The predicted molar refractivity (Wildman–Crippen MR) is 68.6 cm³/mol. The van der Waals surface area contributed by atoms with E-state index in [0.717, 1.165) is 17.4 Å². The normalized spacial score (nSPS) is 11.0. The molecular formula is C13H16N2O2. The maximum absolute atomic E-state index is 11.3. The number of carboxylic acid groups (broad SMARTS) is 1. The number of H-pyrrole nitrogens is 1. The molecule has 0 aliphatic heterocycles. The summed E-state index contributed by atoms with van der Waals surface area (Å²) in [6.07, 6.45) is 0. The van der Waals surface area contributed by atoms with Gasteiger partial charge in [0.2, 0.25) is 0 Å². The number of nitrogens with one attached hydrogen (secondary N) is 2. The SMILES string of the molecule is CC(C)CNc1[nH]c2ccccc2c1C(=O)O. The van der Waals surface area contributed by atoms with Gasteiger partial charge in [-0.05, 0) is 12.0 Å². The van der Waals surface area contributed by atoms with Crippen LogP contribution in [0.3, 0.4) is 0 Å². The van der Waals surface area contributed by atoms with E-state index < -0.39 is 5.97 Å². The number of hydrogen-bond acceptors (Lipinski definition) is 2. The van der Waals surface area contributed by atoms with Gasteiger partial charge in [-0.2, -0.15) is 0 Å². The highest BCUT2D eigenvalue weighted by Gasteiger charge is 2.17. The highest BCUT2D eigenvalue weighted by Crippen LogP contribution is 2.26. The molecule has 0 saturated heterocycles. The van der Waals surface area contributed by atoms with Gasteiger partial charge in [-0.1, -0.05) is 32.0 Å². The van der Waals surface area contributed by atoms with Crippen LogP contribution in [0.25, 0.3) is 10.9 Å². The molecule has 90 valence electrons. The molecule has 2 rings (SSSR count). The van der Waals surface area contributed by atoms with E-state index in [2.05, 4.69) is 24.1 Å². The van der Waals surface area contributed by atoms with E-state index in [1.54, 1.807) is 0 Å². The second-order valence-corrected chi connectivity index (χ2v) is 4.50. The van der Waals surface area contributed by atoms with Crippen molar-refractivity contribution in [2.75, 3.05) is 11.9 Å². The fraction of sp³-hybridized carbons (Fsp3) is 0.308. The first-order valence-corrected chi connectivity index (χ1v) is 5.67. The van der Waals surface area contributed by atoms with Gasteiger partial charge in [0.15, 0.2) is 0 Å². The van der Waals surface area contributed by atoms with E-state index in [-0.39, 0.29) is 0 Å². The lowest BCUT2D eigenvalue weighted by Gasteiger charge is -2.07. The summed E-state index contributed by atoms with van der Waals surface area (Å²) in [4.78, 5) is 14.4. The first kappa shape index (κ1) is 11.5. The molecule has 0 amide bonds. The van der Waals surface area contributed by atoms with Crippen LogP contribution in [0.5, 0.6) is 0 Å². The second-order valence-electron chi connectivity index (χ2n) is 4.50. The number of aromatic nitrogens is 1. The summed E-state index contributed by atoms with van der Waals surface area (Å²) >= 11 is 0. The molecule has 1 aromatic carbocycles. The zero-order chi connectivity index (χ0) is 12.4. The number of carboxylic acids is 1. The zero-order valence-corrected chi connectivity index (χ0v) is 9.95. The molecule has 0 unspecified atom stereocenters. The van der Waals surface area contributed by atoms with Crippen LogP contribution in [-0.2, 0) is 0 Å². The minimum absolute atomic E-state index is 0.321. The second kappa shape index (κ2) is 4.49. The third-order valence-corrected chi connectivity index (χ3v) is 2.61. The van der Waals surface area contributed by atoms with Gasteiger partial charge in [-0.3, -0.25) is 0 Å². The van der Waals surface area contributed by atoms with Crippen molar-refractivity contribution in [3.05, 3.63) is 29.8 Å². The fourth-order valence-electron chi connectivity index (χ4n) is 1.80. The Labute approximate surface area is 99.7 Å². The zero-order valence-electron chi connectivity index (χ0n) is 9.95. The van der Waals surface area contributed by atoms with Crippen molar-refractivity contribution >= 4 is 22.7 Å². The van der Waals surface area contributed by atoms with Crippen molar-refractivity contribution in [3.8, 4) is 0 Å². The van der Waals surface area contributed by atoms with E-state index in [4.69, 9.17) is 0 Å². The number of fused-ring (bicyclic) bond motifs is 1. The number of aromatic carboxylic acids is 1. The Bertz CT molecular complexity index is 543. The average molecular weight is 232 g/mol. The van der Waals surface area contributed by atoms with Crippen LogP contribution in [0.15, 0.2) is 24.3 Å². The van der Waals surface area contributed by atoms with Gasteiger partial charge in [-0.15, -0.1) is 0 Å². The molecule has 0 atom stereocenters. The van der Waals surface area contributed by atoms with E-state index in [1.165, 1.54) is 0 Å². The Hall–Kier alpha value is -1.97. The smallest absolute Gasteiger partial charge is 0.340 e. The van der Waals surface area contributed by atoms with E-state index >= 15 is 0 Å². The molecule has 3 N–H and O–H groups in total. The number of aromatic amines is 1. The minimum atomic E-state index is -0.909. The van der Waals surface area contributed by atoms with E-state index in [9.17, 15) is 9.90 Å². The Morgan fingerprint density at radius 2 is 2.12 bits per heavy atom. The highest BCUT2D eigenvalue weighted by atomic mass is 16.4. The quantitative estimate of drug-likeness (QED) is 0.759. The number of benzene rings is 1. The molecule has 17 heavy (non-hydrogen) atoms. The fourth-order valence-corrected chi connectivity index (χ4v) is 1.80. The molecule has 0 fully saturated rings. The van der Waals surface area contributed by atoms with Crippen LogP contribution in [0.2, 0.25) is 0 Å². The lowest BCUT2D eigenvalue weighted by molar-refractivity contribution is 0.0700. The van der Waals surface area contributed by atoms with Crippen molar-refractivity contribution in [1.29, 1.82) is 0 Å². The molecule has 0 aliphatic carbocycles. The Balaban J connectivity index is 2.46. The molecule has 0 bridgehead atoms. The van der Waals surface area contributed by atoms with Gasteiger partial charge >= 0.3 is 5.97 Å². The Morgan fingerprint density at radius 1 is 1.41 bits per heavy atom. The molecule has 0 aliphatic rings. The average Bonchev–Trinajstić information content (AvgIpc) is 2.64. The maximum Gasteiger partial charge on any atom is 0.340 e. The standard InChI is InChI=1S/C13H16N2O2/c1-8(2)7-14-12-11(13(16)17)9-5-3-4-6-10(9)15-12/h3-6,8,14-15H,7H2,1-2H3,(H,16,17). The van der Waals surface area contributed by atoms with Crippen molar-refractivity contribution in [2.24, 2.45) is 5.92 Å². The molecule has 0 radical (unpaired) electrons. The molecule has 0 saturated carbocycles. The largest absolute Gasteiger partial charge is 0.478 e. The number of rotatable bonds is 4. The maximum atomic E-state index is 11.3. The van der Waals surface area contributed by atoms with Gasteiger partial charge in [0.1, 0.15) is 11.4 Å². The van der Waals surface area contributed by atoms with Gasteiger partial charge in [0.25, 0.3) is 0 Å². The van der Waals surface area contributed by atoms with Crippen LogP contribution in [0, 0.1) is 5.92 Å². The molecule has 1 aromatic heterocycles. The molecule has 2 aromatic rings. The molecule has 0 spiro atoms. The van der Waals surface area contributed by atoms with E-state index in [1.807, 2.05) is 24.3 Å². The summed E-state index contributed by atoms with van der Waals surface area (Å²) in [6.45, 7) is 4.90. The number of para-hydroxylation sites is 1. The topological polar surface area (TPSA) is 65.1 Å².